The summed E-state index contributed by atoms with van der Waals surface area (Å²) >= 11 is 0. The number of hydrogen-bond donors (Lipinski definition) is 2. The van der Waals surface area contributed by atoms with Crippen molar-refractivity contribution >= 4 is 23.6 Å². The number of rotatable bonds is 10. The summed E-state index contributed by atoms with van der Waals surface area (Å²) in [7, 11) is 1.32. The van der Waals surface area contributed by atoms with E-state index in [0.29, 0.717) is 26.0 Å². The molecular formula is C27H31N5O5. The van der Waals surface area contributed by atoms with E-state index in [-0.39, 0.29) is 18.3 Å². The zero-order chi connectivity index (χ0) is 26.2. The summed E-state index contributed by atoms with van der Waals surface area (Å²) in [5.41, 5.74) is 7.71. The average Bonchev–Trinajstić information content (AvgIpc) is 3.60. The molecule has 2 amide bonds. The lowest BCUT2D eigenvalue weighted by Crippen LogP contribution is -2.44. The molecule has 0 saturated carbocycles. The van der Waals surface area contributed by atoms with Crippen molar-refractivity contribution < 1.29 is 23.9 Å². The van der Waals surface area contributed by atoms with Crippen molar-refractivity contribution in [2.45, 2.75) is 37.6 Å². The number of methoxy groups -OCH3 is 1. The van der Waals surface area contributed by atoms with Gasteiger partial charge in [-0.05, 0) is 24.0 Å². The topological polar surface area (TPSA) is 129 Å². The molecule has 2 heterocycles. The second-order valence-electron chi connectivity index (χ2n) is 8.83. The number of likely N-dealkylation sites (tertiary alicyclic amines) is 1. The maximum Gasteiger partial charge on any atom is 0.328 e. The lowest BCUT2D eigenvalue weighted by molar-refractivity contribution is -0.151. The van der Waals surface area contributed by atoms with Gasteiger partial charge in [-0.25, -0.2) is 9.78 Å². The second-order valence-corrected chi connectivity index (χ2v) is 8.83. The van der Waals surface area contributed by atoms with Gasteiger partial charge in [-0.1, -0.05) is 60.7 Å². The smallest absolute Gasteiger partial charge is 0.328 e. The van der Waals surface area contributed by atoms with Gasteiger partial charge in [0.05, 0.1) is 26.7 Å². The third kappa shape index (κ3) is 6.41. The summed E-state index contributed by atoms with van der Waals surface area (Å²) in [5, 5.41) is 2.69. The van der Waals surface area contributed by atoms with Crippen LogP contribution >= 0.6 is 0 Å². The Morgan fingerprint density at radius 3 is 2.51 bits per heavy atom. The standard InChI is InChI=1S/C27H31N5O5/c1-36-27(35)22-13-8-14-32(22)26(34)24(20-11-6-3-7-12-20)31-15-23(29-18-31)30-25(33)21(28)17-37-16-19-9-4-2-5-10-19/h2-7,9-12,15,18,21-22,24H,8,13-14,16-17,28H2,1H3,(H,30,33)/t21-,22+,24?/m1/s1. The highest BCUT2D eigenvalue weighted by molar-refractivity contribution is 5.94. The van der Waals surface area contributed by atoms with E-state index in [9.17, 15) is 14.4 Å². The SMILES string of the molecule is COC(=O)[C@@H]1CCCN1C(=O)C(c1ccccc1)n1cnc(NC(=O)[C@H](N)COCc2ccccc2)c1. The zero-order valence-corrected chi connectivity index (χ0v) is 20.7. The van der Waals surface area contributed by atoms with Gasteiger partial charge in [-0.2, -0.15) is 0 Å². The monoisotopic (exact) mass is 505 g/mol. The highest BCUT2D eigenvalue weighted by atomic mass is 16.5. The molecule has 1 fully saturated rings. The predicted octanol–water partition coefficient (Wildman–Crippen LogP) is 2.12. The van der Waals surface area contributed by atoms with Gasteiger partial charge in [0.1, 0.15) is 18.1 Å². The molecule has 0 bridgehead atoms. The lowest BCUT2D eigenvalue weighted by Gasteiger charge is -2.28. The van der Waals surface area contributed by atoms with Crippen LogP contribution < -0.4 is 11.1 Å². The van der Waals surface area contributed by atoms with E-state index in [1.807, 2.05) is 60.7 Å². The minimum atomic E-state index is -0.897. The molecule has 37 heavy (non-hydrogen) atoms. The van der Waals surface area contributed by atoms with Crippen molar-refractivity contribution in [3.8, 4) is 0 Å². The Kier molecular flexibility index (Phi) is 8.65. The van der Waals surface area contributed by atoms with Gasteiger partial charge in [0.25, 0.3) is 5.91 Å². The van der Waals surface area contributed by atoms with Crippen LogP contribution in [0.1, 0.15) is 30.0 Å². The number of aromatic nitrogens is 2. The van der Waals surface area contributed by atoms with Gasteiger partial charge in [0, 0.05) is 12.7 Å². The van der Waals surface area contributed by atoms with Crippen LogP contribution in [0.5, 0.6) is 0 Å². The van der Waals surface area contributed by atoms with E-state index in [0.717, 1.165) is 11.1 Å². The molecule has 1 saturated heterocycles. The van der Waals surface area contributed by atoms with Crippen LogP contribution in [0, 0.1) is 0 Å². The molecule has 194 valence electrons. The number of nitrogens with zero attached hydrogens (tertiary/aromatic N) is 3. The molecule has 2 aromatic carbocycles. The van der Waals surface area contributed by atoms with E-state index in [2.05, 4.69) is 10.3 Å². The van der Waals surface area contributed by atoms with Crippen LogP contribution in [-0.4, -0.2) is 64.6 Å². The van der Waals surface area contributed by atoms with Crippen LogP contribution in [0.15, 0.2) is 73.2 Å². The maximum atomic E-state index is 13.7. The van der Waals surface area contributed by atoms with Crippen molar-refractivity contribution in [3.05, 3.63) is 84.3 Å². The summed E-state index contributed by atoms with van der Waals surface area (Å²) in [4.78, 5) is 44.4. The van der Waals surface area contributed by atoms with Crippen molar-refractivity contribution in [1.29, 1.82) is 0 Å². The zero-order valence-electron chi connectivity index (χ0n) is 20.7. The number of ether oxygens (including phenoxy) is 2. The Hall–Kier alpha value is -4.02. The fraction of sp³-hybridized carbons (Fsp3) is 0.333. The summed E-state index contributed by atoms with van der Waals surface area (Å²) in [6.07, 6.45) is 4.32. The fourth-order valence-corrected chi connectivity index (χ4v) is 4.36. The molecule has 4 rings (SSSR count). The fourth-order valence-electron chi connectivity index (χ4n) is 4.36. The Labute approximate surface area is 215 Å². The van der Waals surface area contributed by atoms with Gasteiger partial charge in [-0.15, -0.1) is 0 Å². The Morgan fingerprint density at radius 2 is 1.81 bits per heavy atom. The minimum absolute atomic E-state index is 0.0381. The number of anilines is 1. The van der Waals surface area contributed by atoms with Gasteiger partial charge >= 0.3 is 5.97 Å². The highest BCUT2D eigenvalue weighted by Gasteiger charge is 2.39. The van der Waals surface area contributed by atoms with E-state index >= 15 is 0 Å². The number of imidazole rings is 1. The summed E-state index contributed by atoms with van der Waals surface area (Å²) in [6, 6.07) is 16.5. The second kappa shape index (κ2) is 12.3. The van der Waals surface area contributed by atoms with Gasteiger partial charge in [0.15, 0.2) is 5.82 Å². The van der Waals surface area contributed by atoms with E-state index < -0.39 is 30.0 Å². The van der Waals surface area contributed by atoms with Crippen LogP contribution in [0.4, 0.5) is 5.82 Å². The van der Waals surface area contributed by atoms with E-state index in [1.165, 1.54) is 13.4 Å². The first-order valence-electron chi connectivity index (χ1n) is 12.1. The lowest BCUT2D eigenvalue weighted by atomic mass is 10.0. The molecule has 1 aliphatic heterocycles. The molecule has 3 aromatic rings. The molecule has 0 spiro atoms. The molecule has 3 N–H and O–H groups in total. The first-order chi connectivity index (χ1) is 18.0. The van der Waals surface area contributed by atoms with Gasteiger partial charge in [-0.3, -0.25) is 9.59 Å². The van der Waals surface area contributed by atoms with Gasteiger partial charge in [0.2, 0.25) is 5.91 Å². The predicted molar refractivity (Wildman–Crippen MR) is 136 cm³/mol. The number of nitrogens with two attached hydrogens (primary N) is 1. The van der Waals surface area contributed by atoms with Crippen LogP contribution in [-0.2, 0) is 30.5 Å². The third-order valence-electron chi connectivity index (χ3n) is 6.26. The third-order valence-corrected chi connectivity index (χ3v) is 6.26. The van der Waals surface area contributed by atoms with E-state index in [4.69, 9.17) is 15.2 Å². The molecule has 1 aromatic heterocycles. The van der Waals surface area contributed by atoms with E-state index in [1.54, 1.807) is 15.7 Å². The molecule has 3 atom stereocenters. The molecule has 0 radical (unpaired) electrons. The minimum Gasteiger partial charge on any atom is -0.467 e. The van der Waals surface area contributed by atoms with Crippen molar-refractivity contribution in [2.24, 2.45) is 5.73 Å². The Morgan fingerprint density at radius 1 is 1.11 bits per heavy atom. The Balaban J connectivity index is 1.44. The summed E-state index contributed by atoms with van der Waals surface area (Å²) in [5.74, 6) is -0.880. The molecule has 0 aliphatic carbocycles. The average molecular weight is 506 g/mol. The largest absolute Gasteiger partial charge is 0.467 e. The molecule has 10 nitrogen and oxygen atoms in total. The number of esters is 1. The first kappa shape index (κ1) is 26.1. The van der Waals surface area contributed by atoms with Crippen LogP contribution in [0.25, 0.3) is 0 Å². The first-order valence-corrected chi connectivity index (χ1v) is 12.1. The molecule has 1 aliphatic rings. The molecule has 10 heteroatoms. The van der Waals surface area contributed by atoms with Gasteiger partial charge < -0.3 is 30.0 Å². The van der Waals surface area contributed by atoms with Crippen LogP contribution in [0.2, 0.25) is 0 Å². The number of nitrogens with one attached hydrogen (secondary N) is 1. The van der Waals surface area contributed by atoms with Crippen molar-refractivity contribution in [2.75, 3.05) is 25.6 Å². The van der Waals surface area contributed by atoms with Crippen molar-refractivity contribution in [3.63, 3.8) is 0 Å². The number of carbonyl (C=O) groups is 3. The Bertz CT molecular complexity index is 1200. The van der Waals surface area contributed by atoms with Crippen LogP contribution in [0.3, 0.4) is 0 Å². The number of amides is 2. The molecule has 1 unspecified atom stereocenters. The number of hydrogen-bond acceptors (Lipinski definition) is 7. The summed E-state index contributed by atoms with van der Waals surface area (Å²) in [6.45, 7) is 0.842. The summed E-state index contributed by atoms with van der Waals surface area (Å²) < 4.78 is 12.1. The normalized spacial score (nSPS) is 16.7. The highest BCUT2D eigenvalue weighted by Crippen LogP contribution is 2.27. The number of benzene rings is 2. The quantitative estimate of drug-likeness (QED) is 0.404. The van der Waals surface area contributed by atoms with Crippen molar-refractivity contribution in [1.82, 2.24) is 14.5 Å². The molecular weight excluding hydrogens is 474 g/mol. The maximum absolute atomic E-state index is 13.7. The number of carbonyl (C=O) groups excluding carboxylic acids is 3.